The highest BCUT2D eigenvalue weighted by Gasteiger charge is 2.50. The molecule has 2 heterocycles. The Labute approximate surface area is 150 Å². The molecule has 0 saturated carbocycles. The van der Waals surface area contributed by atoms with Crippen LogP contribution in [0.3, 0.4) is 0 Å². The third-order valence-electron chi connectivity index (χ3n) is 4.58. The van der Waals surface area contributed by atoms with E-state index in [4.69, 9.17) is 9.47 Å². The third kappa shape index (κ3) is 3.07. The molecule has 2 aliphatic rings. The highest BCUT2D eigenvalue weighted by Crippen LogP contribution is 2.39. The first-order valence-electron chi connectivity index (χ1n) is 8.30. The summed E-state index contributed by atoms with van der Waals surface area (Å²) >= 11 is 0. The molecule has 2 aliphatic heterocycles. The SMILES string of the molecule is O=C([O-])[C@@H]1[C@H](C(=O)Nc2ccc(Oc3ccccc3)cc2)[C@@H]2C=C[C@H]1O2. The van der Waals surface area contributed by atoms with Gasteiger partial charge in [-0.3, -0.25) is 4.79 Å². The maximum Gasteiger partial charge on any atom is 0.231 e. The van der Waals surface area contributed by atoms with Crippen molar-refractivity contribution in [2.24, 2.45) is 11.8 Å². The second kappa shape index (κ2) is 6.65. The zero-order valence-electron chi connectivity index (χ0n) is 13.7. The molecule has 0 aromatic heterocycles. The van der Waals surface area contributed by atoms with Crippen LogP contribution in [0.5, 0.6) is 11.5 Å². The Kier molecular flexibility index (Phi) is 4.18. The number of carbonyl (C=O) groups excluding carboxylic acids is 2. The number of carbonyl (C=O) groups is 2. The topological polar surface area (TPSA) is 87.7 Å². The standard InChI is InChI=1S/C20H17NO5/c22-19(17-15-10-11-16(26-15)18(17)20(23)24)21-12-6-8-14(9-7-12)25-13-4-2-1-3-5-13/h1-11,15-18H,(H,21,22)(H,23,24)/p-1/t15-,16+,17+,18-/m0/s1. The van der Waals surface area contributed by atoms with Crippen LogP contribution < -0.4 is 15.2 Å². The van der Waals surface area contributed by atoms with Gasteiger partial charge in [-0.15, -0.1) is 0 Å². The van der Waals surface area contributed by atoms with Gasteiger partial charge in [0.1, 0.15) is 11.5 Å². The average molecular weight is 350 g/mol. The number of amides is 1. The summed E-state index contributed by atoms with van der Waals surface area (Å²) in [5.74, 6) is -2.08. The molecular formula is C20H16NO5-. The molecular weight excluding hydrogens is 334 g/mol. The van der Waals surface area contributed by atoms with Crippen LogP contribution in [0.15, 0.2) is 66.7 Å². The number of benzene rings is 2. The van der Waals surface area contributed by atoms with Gasteiger partial charge in [0.2, 0.25) is 5.91 Å². The molecule has 26 heavy (non-hydrogen) atoms. The van der Waals surface area contributed by atoms with Crippen molar-refractivity contribution < 1.29 is 24.2 Å². The first kappa shape index (κ1) is 16.4. The Hall–Kier alpha value is -3.12. The van der Waals surface area contributed by atoms with Crippen molar-refractivity contribution in [3.63, 3.8) is 0 Å². The normalized spacial score (nSPS) is 25.8. The molecule has 6 nitrogen and oxygen atoms in total. The number of carboxylic acids is 1. The van der Waals surface area contributed by atoms with E-state index in [0.717, 1.165) is 0 Å². The first-order chi connectivity index (χ1) is 12.6. The second-order valence-electron chi connectivity index (χ2n) is 6.25. The Morgan fingerprint density at radius 3 is 2.15 bits per heavy atom. The summed E-state index contributed by atoms with van der Waals surface area (Å²) in [5, 5.41) is 14.1. The van der Waals surface area contributed by atoms with E-state index in [9.17, 15) is 14.7 Å². The summed E-state index contributed by atoms with van der Waals surface area (Å²) in [6.07, 6.45) is 2.28. The number of hydrogen-bond acceptors (Lipinski definition) is 5. The average Bonchev–Trinajstić information content (AvgIpc) is 3.25. The van der Waals surface area contributed by atoms with Crippen LogP contribution in [-0.2, 0) is 14.3 Å². The summed E-state index contributed by atoms with van der Waals surface area (Å²) in [6, 6.07) is 16.2. The van der Waals surface area contributed by atoms with E-state index in [1.54, 1.807) is 36.4 Å². The zero-order chi connectivity index (χ0) is 18.1. The summed E-state index contributed by atoms with van der Waals surface area (Å²) in [6.45, 7) is 0. The van der Waals surface area contributed by atoms with E-state index in [1.165, 1.54) is 0 Å². The summed E-state index contributed by atoms with van der Waals surface area (Å²) < 4.78 is 11.2. The number of carboxylic acid groups (broad SMARTS) is 1. The monoisotopic (exact) mass is 350 g/mol. The van der Waals surface area contributed by atoms with Gasteiger partial charge in [0, 0.05) is 17.6 Å². The molecule has 4 atom stereocenters. The fraction of sp³-hybridized carbons (Fsp3) is 0.200. The maximum absolute atomic E-state index is 12.5. The molecule has 0 aliphatic carbocycles. The molecule has 2 aromatic carbocycles. The van der Waals surface area contributed by atoms with Gasteiger partial charge in [-0.25, -0.2) is 0 Å². The lowest BCUT2D eigenvalue weighted by molar-refractivity contribution is -0.313. The van der Waals surface area contributed by atoms with E-state index >= 15 is 0 Å². The fourth-order valence-electron chi connectivity index (χ4n) is 3.36. The minimum Gasteiger partial charge on any atom is -0.550 e. The molecule has 1 N–H and O–H groups in total. The quantitative estimate of drug-likeness (QED) is 0.830. The highest BCUT2D eigenvalue weighted by molar-refractivity contribution is 5.96. The van der Waals surface area contributed by atoms with Gasteiger partial charge >= 0.3 is 0 Å². The lowest BCUT2D eigenvalue weighted by Gasteiger charge is -2.25. The number of rotatable bonds is 5. The van der Waals surface area contributed by atoms with Crippen molar-refractivity contribution in [3.8, 4) is 11.5 Å². The van der Waals surface area contributed by atoms with E-state index in [0.29, 0.717) is 17.2 Å². The number of nitrogens with one attached hydrogen (secondary N) is 1. The van der Waals surface area contributed by atoms with Gasteiger partial charge in [-0.05, 0) is 36.4 Å². The van der Waals surface area contributed by atoms with Crippen molar-refractivity contribution in [1.82, 2.24) is 0 Å². The van der Waals surface area contributed by atoms with Gasteiger partial charge in [0.25, 0.3) is 0 Å². The van der Waals surface area contributed by atoms with Crippen LogP contribution >= 0.6 is 0 Å². The van der Waals surface area contributed by atoms with Crippen LogP contribution in [-0.4, -0.2) is 24.1 Å². The van der Waals surface area contributed by atoms with E-state index in [1.807, 2.05) is 30.3 Å². The Bertz CT molecular complexity index is 846. The molecule has 2 aromatic rings. The van der Waals surface area contributed by atoms with Gasteiger partial charge < -0.3 is 24.7 Å². The van der Waals surface area contributed by atoms with E-state index in [-0.39, 0.29) is 0 Å². The largest absolute Gasteiger partial charge is 0.550 e. The van der Waals surface area contributed by atoms with E-state index in [2.05, 4.69) is 5.32 Å². The molecule has 6 heteroatoms. The van der Waals surface area contributed by atoms with Crippen molar-refractivity contribution in [1.29, 1.82) is 0 Å². The van der Waals surface area contributed by atoms with Crippen molar-refractivity contribution in [2.75, 3.05) is 5.32 Å². The minimum absolute atomic E-state index is 0.396. The summed E-state index contributed by atoms with van der Waals surface area (Å²) in [5.41, 5.74) is 0.555. The minimum atomic E-state index is -1.27. The molecule has 1 amide bonds. The summed E-state index contributed by atoms with van der Waals surface area (Å²) in [4.78, 5) is 23.9. The molecule has 4 rings (SSSR count). The third-order valence-corrected chi connectivity index (χ3v) is 4.58. The first-order valence-corrected chi connectivity index (χ1v) is 8.30. The molecule has 0 spiro atoms. The molecule has 0 unspecified atom stereocenters. The molecule has 0 radical (unpaired) electrons. The summed E-state index contributed by atoms with van der Waals surface area (Å²) in [7, 11) is 0. The highest BCUT2D eigenvalue weighted by atomic mass is 16.5. The van der Waals surface area contributed by atoms with Crippen molar-refractivity contribution in [3.05, 3.63) is 66.7 Å². The van der Waals surface area contributed by atoms with Crippen LogP contribution in [0.25, 0.3) is 0 Å². The smallest absolute Gasteiger partial charge is 0.231 e. The predicted molar refractivity (Wildman–Crippen MR) is 91.4 cm³/mol. The van der Waals surface area contributed by atoms with E-state index < -0.39 is 35.9 Å². The van der Waals surface area contributed by atoms with Gasteiger partial charge in [-0.1, -0.05) is 30.4 Å². The number of para-hydroxylation sites is 1. The van der Waals surface area contributed by atoms with Gasteiger partial charge in [0.15, 0.2) is 0 Å². The van der Waals surface area contributed by atoms with Crippen LogP contribution in [0.4, 0.5) is 5.69 Å². The predicted octanol–water partition coefficient (Wildman–Crippen LogP) is 1.74. The lowest BCUT2D eigenvalue weighted by atomic mass is 9.82. The molecule has 1 fully saturated rings. The molecule has 2 bridgehead atoms. The molecule has 1 saturated heterocycles. The fourth-order valence-corrected chi connectivity index (χ4v) is 3.36. The van der Waals surface area contributed by atoms with Gasteiger partial charge in [0.05, 0.1) is 18.1 Å². The lowest BCUT2D eigenvalue weighted by Crippen LogP contribution is -2.45. The number of hydrogen-bond donors (Lipinski definition) is 1. The van der Waals surface area contributed by atoms with Crippen molar-refractivity contribution >= 4 is 17.6 Å². The Morgan fingerprint density at radius 2 is 1.50 bits per heavy atom. The number of fused-ring (bicyclic) bond motifs is 2. The van der Waals surface area contributed by atoms with Gasteiger partial charge in [-0.2, -0.15) is 0 Å². The van der Waals surface area contributed by atoms with Crippen molar-refractivity contribution in [2.45, 2.75) is 12.2 Å². The van der Waals surface area contributed by atoms with Crippen LogP contribution in [0.1, 0.15) is 0 Å². The zero-order valence-corrected chi connectivity index (χ0v) is 13.7. The number of aliphatic carboxylic acids is 1. The van der Waals surface area contributed by atoms with Crippen LogP contribution in [0.2, 0.25) is 0 Å². The van der Waals surface area contributed by atoms with Crippen LogP contribution in [0, 0.1) is 11.8 Å². The second-order valence-corrected chi connectivity index (χ2v) is 6.25. The Morgan fingerprint density at radius 1 is 0.885 bits per heavy atom. The number of anilines is 1. The maximum atomic E-state index is 12.5. The Balaban J connectivity index is 1.43. The number of ether oxygens (including phenoxy) is 2. The molecule has 132 valence electrons.